The molecule has 118 valence electrons. The molecule has 1 aliphatic rings. The monoisotopic (exact) mass is 284 g/mol. The average molecular weight is 284 g/mol. The molecule has 0 aromatic heterocycles. The summed E-state index contributed by atoms with van der Waals surface area (Å²) in [6.07, 6.45) is 14.3. The van der Waals surface area contributed by atoms with Crippen LogP contribution in [0.1, 0.15) is 90.4 Å². The van der Waals surface area contributed by atoms with E-state index in [1.165, 1.54) is 57.8 Å². The van der Waals surface area contributed by atoms with Gasteiger partial charge in [0.25, 0.3) is 0 Å². The zero-order valence-electron chi connectivity index (χ0n) is 13.1. The Hall–Kier alpha value is -0.570. The summed E-state index contributed by atoms with van der Waals surface area (Å²) < 4.78 is 5.08. The van der Waals surface area contributed by atoms with Gasteiger partial charge in [-0.05, 0) is 12.8 Å². The van der Waals surface area contributed by atoms with Crippen molar-refractivity contribution in [3.8, 4) is 0 Å². The van der Waals surface area contributed by atoms with Gasteiger partial charge in [-0.1, -0.05) is 71.1 Å². The summed E-state index contributed by atoms with van der Waals surface area (Å²) in [5.74, 6) is -0.155. The molecule has 0 unspecified atom stereocenters. The Morgan fingerprint density at radius 3 is 2.10 bits per heavy atom. The molecule has 0 spiro atoms. The van der Waals surface area contributed by atoms with Crippen LogP contribution in [0, 0.1) is 0 Å². The highest BCUT2D eigenvalue weighted by Crippen LogP contribution is 2.20. The topological polar surface area (TPSA) is 46.5 Å². The zero-order valence-corrected chi connectivity index (χ0v) is 13.1. The number of hydrogen-bond donors (Lipinski definition) is 1. The number of rotatable bonds is 12. The van der Waals surface area contributed by atoms with Crippen LogP contribution in [0.4, 0.5) is 0 Å². The van der Waals surface area contributed by atoms with E-state index < -0.39 is 6.10 Å². The van der Waals surface area contributed by atoms with E-state index in [1.54, 1.807) is 0 Å². The van der Waals surface area contributed by atoms with E-state index in [9.17, 15) is 9.90 Å². The summed E-state index contributed by atoms with van der Waals surface area (Å²) in [7, 11) is 0. The number of esters is 1. The highest BCUT2D eigenvalue weighted by atomic mass is 16.6. The molecule has 1 rings (SSSR count). The smallest absolute Gasteiger partial charge is 0.306 e. The lowest BCUT2D eigenvalue weighted by Gasteiger charge is -2.16. The van der Waals surface area contributed by atoms with Crippen molar-refractivity contribution in [1.82, 2.24) is 0 Å². The minimum atomic E-state index is -0.449. The third kappa shape index (κ3) is 7.88. The minimum Gasteiger partial charge on any atom is -0.460 e. The summed E-state index contributed by atoms with van der Waals surface area (Å²) in [5, 5.41) is 9.91. The van der Waals surface area contributed by atoms with Gasteiger partial charge in [0.05, 0.1) is 6.10 Å². The van der Waals surface area contributed by atoms with E-state index in [0.29, 0.717) is 12.8 Å². The van der Waals surface area contributed by atoms with Crippen LogP contribution in [0.15, 0.2) is 0 Å². The van der Waals surface area contributed by atoms with Crippen LogP contribution >= 0.6 is 0 Å². The van der Waals surface area contributed by atoms with Gasteiger partial charge in [-0.15, -0.1) is 0 Å². The molecular weight excluding hydrogens is 252 g/mol. The molecule has 20 heavy (non-hydrogen) atoms. The Labute approximate surface area is 124 Å². The fraction of sp³-hybridized carbons (Fsp3) is 0.941. The van der Waals surface area contributed by atoms with Crippen LogP contribution in [0.5, 0.6) is 0 Å². The van der Waals surface area contributed by atoms with Crippen molar-refractivity contribution in [2.75, 3.05) is 0 Å². The van der Waals surface area contributed by atoms with Crippen LogP contribution in [-0.4, -0.2) is 23.3 Å². The Kier molecular flexibility index (Phi) is 9.73. The molecule has 1 N–H and O–H groups in total. The quantitative estimate of drug-likeness (QED) is 0.428. The predicted octanol–water partition coefficient (Wildman–Crippen LogP) is 4.36. The maximum Gasteiger partial charge on any atom is 0.306 e. The standard InChI is InChI=1S/C17H32O3/c1-2-3-4-5-6-7-8-9-10-11-12-15(18)16-13-14-17(19)20-16/h15-16,18H,2-14H2,1H3/t15-,16+/m1/s1. The van der Waals surface area contributed by atoms with Gasteiger partial charge in [-0.25, -0.2) is 0 Å². The first-order valence-corrected chi connectivity index (χ1v) is 8.61. The maximum atomic E-state index is 11.0. The van der Waals surface area contributed by atoms with Crippen molar-refractivity contribution >= 4 is 5.97 Å². The Balaban J connectivity index is 1.83. The summed E-state index contributed by atoms with van der Waals surface area (Å²) in [5.41, 5.74) is 0. The van der Waals surface area contributed by atoms with Crippen molar-refractivity contribution in [2.45, 2.75) is 103 Å². The Bertz CT molecular complexity index is 253. The van der Waals surface area contributed by atoms with Gasteiger partial charge in [0.15, 0.2) is 0 Å². The molecule has 1 fully saturated rings. The van der Waals surface area contributed by atoms with E-state index in [2.05, 4.69) is 6.92 Å². The van der Waals surface area contributed by atoms with Gasteiger partial charge in [0.1, 0.15) is 6.10 Å². The van der Waals surface area contributed by atoms with E-state index in [-0.39, 0.29) is 12.1 Å². The summed E-state index contributed by atoms with van der Waals surface area (Å²) in [6.45, 7) is 2.25. The predicted molar refractivity (Wildman–Crippen MR) is 81.6 cm³/mol. The SMILES string of the molecule is CCCCCCCCCCCC[C@@H](O)[C@@H]1CCC(=O)O1. The van der Waals surface area contributed by atoms with E-state index >= 15 is 0 Å². The van der Waals surface area contributed by atoms with E-state index in [0.717, 1.165) is 12.8 Å². The van der Waals surface area contributed by atoms with Crippen molar-refractivity contribution < 1.29 is 14.6 Å². The molecule has 0 saturated carbocycles. The number of cyclic esters (lactones) is 1. The first-order chi connectivity index (χ1) is 9.74. The van der Waals surface area contributed by atoms with E-state index in [1.807, 2.05) is 0 Å². The molecule has 0 aromatic rings. The number of aliphatic hydroxyl groups excluding tert-OH is 1. The molecule has 3 nitrogen and oxygen atoms in total. The van der Waals surface area contributed by atoms with Gasteiger partial charge in [-0.2, -0.15) is 0 Å². The van der Waals surface area contributed by atoms with Gasteiger partial charge >= 0.3 is 5.97 Å². The van der Waals surface area contributed by atoms with Crippen LogP contribution in [0.25, 0.3) is 0 Å². The number of unbranched alkanes of at least 4 members (excludes halogenated alkanes) is 9. The molecular formula is C17H32O3. The number of ether oxygens (including phenoxy) is 1. The van der Waals surface area contributed by atoms with Gasteiger partial charge < -0.3 is 9.84 Å². The van der Waals surface area contributed by atoms with Crippen LogP contribution in [0.2, 0.25) is 0 Å². The van der Waals surface area contributed by atoms with Gasteiger partial charge in [-0.3, -0.25) is 4.79 Å². The molecule has 1 saturated heterocycles. The van der Waals surface area contributed by atoms with Gasteiger partial charge in [0.2, 0.25) is 0 Å². The molecule has 0 bridgehead atoms. The second-order valence-electron chi connectivity index (χ2n) is 6.10. The van der Waals surface area contributed by atoms with Crippen molar-refractivity contribution in [3.05, 3.63) is 0 Å². The molecule has 0 aromatic carbocycles. The number of hydrogen-bond acceptors (Lipinski definition) is 3. The first kappa shape index (κ1) is 17.5. The fourth-order valence-corrected chi connectivity index (χ4v) is 2.84. The second-order valence-corrected chi connectivity index (χ2v) is 6.10. The van der Waals surface area contributed by atoms with Crippen molar-refractivity contribution in [3.63, 3.8) is 0 Å². The third-order valence-corrected chi connectivity index (χ3v) is 4.20. The van der Waals surface area contributed by atoms with Crippen LogP contribution < -0.4 is 0 Å². The molecule has 2 atom stereocenters. The third-order valence-electron chi connectivity index (χ3n) is 4.20. The molecule has 1 heterocycles. The first-order valence-electron chi connectivity index (χ1n) is 8.61. The number of carbonyl (C=O) groups excluding carboxylic acids is 1. The van der Waals surface area contributed by atoms with Crippen LogP contribution in [-0.2, 0) is 9.53 Å². The summed E-state index contributed by atoms with van der Waals surface area (Å²) >= 11 is 0. The van der Waals surface area contributed by atoms with Gasteiger partial charge in [0, 0.05) is 6.42 Å². The summed E-state index contributed by atoms with van der Waals surface area (Å²) in [4.78, 5) is 11.0. The Morgan fingerprint density at radius 1 is 1.05 bits per heavy atom. The number of carbonyl (C=O) groups is 1. The molecule has 3 heteroatoms. The second kappa shape index (κ2) is 11.1. The highest BCUT2D eigenvalue weighted by Gasteiger charge is 2.29. The van der Waals surface area contributed by atoms with Crippen molar-refractivity contribution in [1.29, 1.82) is 0 Å². The minimum absolute atomic E-state index is 0.155. The lowest BCUT2D eigenvalue weighted by atomic mass is 10.0. The molecule has 0 amide bonds. The normalized spacial score (nSPS) is 20.1. The lowest BCUT2D eigenvalue weighted by Crippen LogP contribution is -2.25. The largest absolute Gasteiger partial charge is 0.460 e. The zero-order chi connectivity index (χ0) is 14.6. The van der Waals surface area contributed by atoms with E-state index in [4.69, 9.17) is 4.74 Å². The fourth-order valence-electron chi connectivity index (χ4n) is 2.84. The average Bonchev–Trinajstić information content (AvgIpc) is 2.87. The molecule has 0 aliphatic carbocycles. The van der Waals surface area contributed by atoms with Crippen molar-refractivity contribution in [2.24, 2.45) is 0 Å². The molecule has 1 aliphatic heterocycles. The lowest BCUT2D eigenvalue weighted by molar-refractivity contribution is -0.145. The Morgan fingerprint density at radius 2 is 1.60 bits per heavy atom. The summed E-state index contributed by atoms with van der Waals surface area (Å²) in [6, 6.07) is 0. The number of aliphatic hydroxyl groups is 1. The maximum absolute atomic E-state index is 11.0. The molecule has 0 radical (unpaired) electrons. The van der Waals surface area contributed by atoms with Crippen LogP contribution in [0.3, 0.4) is 0 Å². The highest BCUT2D eigenvalue weighted by molar-refractivity contribution is 5.71.